The molecule has 2 aromatic carbocycles. The molecule has 142 valence electrons. The Bertz CT molecular complexity index is 741. The van der Waals surface area contributed by atoms with Crippen LogP contribution in [0.25, 0.3) is 0 Å². The summed E-state index contributed by atoms with van der Waals surface area (Å²) in [5.41, 5.74) is 1.42. The molecule has 0 unspecified atom stereocenters. The number of hydrogen-bond donors (Lipinski definition) is 3. The summed E-state index contributed by atoms with van der Waals surface area (Å²) < 4.78 is 0. The zero-order valence-corrected chi connectivity index (χ0v) is 15.5. The molecule has 0 radical (unpaired) electrons. The van der Waals surface area contributed by atoms with Gasteiger partial charge in [0.15, 0.2) is 0 Å². The van der Waals surface area contributed by atoms with Gasteiger partial charge < -0.3 is 16.0 Å². The van der Waals surface area contributed by atoms with E-state index in [0.717, 1.165) is 24.8 Å². The lowest BCUT2D eigenvalue weighted by Crippen LogP contribution is -2.59. The van der Waals surface area contributed by atoms with Gasteiger partial charge in [0, 0.05) is 13.1 Å². The van der Waals surface area contributed by atoms with E-state index in [1.165, 1.54) is 5.56 Å². The first-order valence-electron chi connectivity index (χ1n) is 9.60. The molecule has 0 atom stereocenters. The van der Waals surface area contributed by atoms with E-state index in [4.69, 9.17) is 0 Å². The molecule has 0 heterocycles. The van der Waals surface area contributed by atoms with E-state index in [1.807, 2.05) is 60.7 Å². The lowest BCUT2D eigenvalue weighted by atomic mass is 9.96. The van der Waals surface area contributed by atoms with Crippen LogP contribution in [-0.2, 0) is 17.8 Å². The number of nitrogens with one attached hydrogen (secondary N) is 3. The van der Waals surface area contributed by atoms with Crippen LogP contribution in [0.2, 0.25) is 0 Å². The van der Waals surface area contributed by atoms with Gasteiger partial charge in [-0.15, -0.1) is 0 Å². The highest BCUT2D eigenvalue weighted by Gasteiger charge is 2.42. The van der Waals surface area contributed by atoms with Gasteiger partial charge in [-0.25, -0.2) is 4.79 Å². The fourth-order valence-electron chi connectivity index (χ4n) is 3.56. The van der Waals surface area contributed by atoms with Crippen LogP contribution in [-0.4, -0.2) is 24.0 Å². The second-order valence-corrected chi connectivity index (χ2v) is 7.07. The van der Waals surface area contributed by atoms with Crippen molar-refractivity contribution in [1.82, 2.24) is 16.0 Å². The Morgan fingerprint density at radius 1 is 0.815 bits per heavy atom. The van der Waals surface area contributed by atoms with Crippen molar-refractivity contribution in [3.05, 3.63) is 71.8 Å². The summed E-state index contributed by atoms with van der Waals surface area (Å²) in [4.78, 5) is 25.2. The normalized spacial score (nSPS) is 15.1. The molecule has 1 fully saturated rings. The summed E-state index contributed by atoms with van der Waals surface area (Å²) in [7, 11) is 0. The maximum atomic E-state index is 12.8. The summed E-state index contributed by atoms with van der Waals surface area (Å²) in [6, 6.07) is 19.5. The Balaban J connectivity index is 1.51. The van der Waals surface area contributed by atoms with Gasteiger partial charge >= 0.3 is 6.03 Å². The van der Waals surface area contributed by atoms with Gasteiger partial charge in [-0.1, -0.05) is 73.5 Å². The van der Waals surface area contributed by atoms with E-state index >= 15 is 0 Å². The molecule has 1 saturated carbocycles. The van der Waals surface area contributed by atoms with Crippen LogP contribution in [0, 0.1) is 0 Å². The van der Waals surface area contributed by atoms with E-state index in [-0.39, 0.29) is 11.9 Å². The molecular formula is C22H27N3O2. The summed E-state index contributed by atoms with van der Waals surface area (Å²) in [5.74, 6) is -0.0780. The molecule has 0 bridgehead atoms. The summed E-state index contributed by atoms with van der Waals surface area (Å²) in [6.07, 6.45) is 4.05. The number of carbonyl (C=O) groups excluding carboxylic acids is 2. The second kappa shape index (κ2) is 9.21. The SMILES string of the molecule is O=C(NCc1ccccc1)NC1(C(=O)NCCc2ccccc2)CCCC1. The Labute approximate surface area is 160 Å². The molecule has 5 heteroatoms. The smallest absolute Gasteiger partial charge is 0.315 e. The Morgan fingerprint density at radius 2 is 1.41 bits per heavy atom. The monoisotopic (exact) mass is 365 g/mol. The van der Waals surface area contributed by atoms with E-state index in [1.54, 1.807) is 0 Å². The number of amides is 3. The zero-order chi connectivity index (χ0) is 19.0. The predicted molar refractivity (Wildman–Crippen MR) is 106 cm³/mol. The van der Waals surface area contributed by atoms with Crippen molar-refractivity contribution in [2.24, 2.45) is 0 Å². The van der Waals surface area contributed by atoms with Gasteiger partial charge in [0.25, 0.3) is 0 Å². The third-order valence-corrected chi connectivity index (χ3v) is 5.08. The van der Waals surface area contributed by atoms with Gasteiger partial charge in [-0.05, 0) is 30.4 Å². The first-order valence-corrected chi connectivity index (χ1v) is 9.60. The van der Waals surface area contributed by atoms with Crippen LogP contribution >= 0.6 is 0 Å². The van der Waals surface area contributed by atoms with Crippen molar-refractivity contribution in [3.63, 3.8) is 0 Å². The molecular weight excluding hydrogens is 338 g/mol. The molecule has 3 N–H and O–H groups in total. The average molecular weight is 365 g/mol. The standard InChI is InChI=1S/C22H27N3O2/c26-20(23-16-13-18-9-3-1-4-10-18)22(14-7-8-15-22)25-21(27)24-17-19-11-5-2-6-12-19/h1-6,9-12H,7-8,13-17H2,(H,23,26)(H2,24,25,27). The van der Waals surface area contributed by atoms with Gasteiger partial charge in [-0.2, -0.15) is 0 Å². The summed E-state index contributed by atoms with van der Waals surface area (Å²) in [5, 5.41) is 8.82. The highest BCUT2D eigenvalue weighted by Crippen LogP contribution is 2.29. The number of urea groups is 1. The molecule has 0 aromatic heterocycles. The van der Waals surface area contributed by atoms with Gasteiger partial charge in [-0.3, -0.25) is 4.79 Å². The minimum Gasteiger partial charge on any atom is -0.354 e. The number of carbonyl (C=O) groups is 2. The lowest BCUT2D eigenvalue weighted by molar-refractivity contribution is -0.127. The molecule has 1 aliphatic rings. The van der Waals surface area contributed by atoms with Crippen molar-refractivity contribution in [2.75, 3.05) is 6.54 Å². The Hall–Kier alpha value is -2.82. The molecule has 0 saturated heterocycles. The predicted octanol–water partition coefficient (Wildman–Crippen LogP) is 3.16. The van der Waals surface area contributed by atoms with Crippen molar-refractivity contribution in [2.45, 2.75) is 44.2 Å². The van der Waals surface area contributed by atoms with Crippen LogP contribution in [0.3, 0.4) is 0 Å². The van der Waals surface area contributed by atoms with Gasteiger partial charge in [0.2, 0.25) is 5.91 Å². The molecule has 0 aliphatic heterocycles. The first kappa shape index (κ1) is 19.0. The molecule has 3 rings (SSSR count). The number of benzene rings is 2. The minimum absolute atomic E-state index is 0.0780. The third kappa shape index (κ3) is 5.33. The average Bonchev–Trinajstić information content (AvgIpc) is 3.18. The molecule has 0 spiro atoms. The number of rotatable bonds is 7. The maximum absolute atomic E-state index is 12.8. The quantitative estimate of drug-likeness (QED) is 0.705. The summed E-state index contributed by atoms with van der Waals surface area (Å²) in [6.45, 7) is 1.01. The lowest BCUT2D eigenvalue weighted by Gasteiger charge is -2.29. The van der Waals surface area contributed by atoms with Gasteiger partial charge in [0.1, 0.15) is 5.54 Å². The molecule has 1 aliphatic carbocycles. The highest BCUT2D eigenvalue weighted by molar-refractivity contribution is 5.91. The summed E-state index contributed by atoms with van der Waals surface area (Å²) >= 11 is 0. The van der Waals surface area contributed by atoms with E-state index in [0.29, 0.717) is 25.9 Å². The molecule has 2 aromatic rings. The number of hydrogen-bond acceptors (Lipinski definition) is 2. The van der Waals surface area contributed by atoms with E-state index in [9.17, 15) is 9.59 Å². The largest absolute Gasteiger partial charge is 0.354 e. The Morgan fingerprint density at radius 3 is 2.04 bits per heavy atom. The van der Waals surface area contributed by atoms with Crippen LogP contribution in [0.4, 0.5) is 4.79 Å². The zero-order valence-electron chi connectivity index (χ0n) is 15.5. The van der Waals surface area contributed by atoms with Crippen LogP contribution in [0.5, 0.6) is 0 Å². The van der Waals surface area contributed by atoms with Crippen LogP contribution < -0.4 is 16.0 Å². The molecule has 3 amide bonds. The van der Waals surface area contributed by atoms with Crippen LogP contribution in [0.15, 0.2) is 60.7 Å². The van der Waals surface area contributed by atoms with Crippen molar-refractivity contribution < 1.29 is 9.59 Å². The van der Waals surface area contributed by atoms with Crippen LogP contribution in [0.1, 0.15) is 36.8 Å². The second-order valence-electron chi connectivity index (χ2n) is 7.07. The van der Waals surface area contributed by atoms with Crippen molar-refractivity contribution >= 4 is 11.9 Å². The van der Waals surface area contributed by atoms with Crippen molar-refractivity contribution in [3.8, 4) is 0 Å². The third-order valence-electron chi connectivity index (χ3n) is 5.08. The topological polar surface area (TPSA) is 70.2 Å². The molecule has 5 nitrogen and oxygen atoms in total. The Kier molecular flexibility index (Phi) is 6.47. The fourth-order valence-corrected chi connectivity index (χ4v) is 3.56. The first-order chi connectivity index (χ1) is 13.2. The van der Waals surface area contributed by atoms with E-state index in [2.05, 4.69) is 16.0 Å². The minimum atomic E-state index is -0.794. The fraction of sp³-hybridized carbons (Fsp3) is 0.364. The van der Waals surface area contributed by atoms with Crippen molar-refractivity contribution in [1.29, 1.82) is 0 Å². The van der Waals surface area contributed by atoms with Gasteiger partial charge in [0.05, 0.1) is 0 Å². The molecule has 27 heavy (non-hydrogen) atoms. The maximum Gasteiger partial charge on any atom is 0.315 e. The van der Waals surface area contributed by atoms with E-state index < -0.39 is 5.54 Å². The highest BCUT2D eigenvalue weighted by atomic mass is 16.2.